The molecule has 1 aromatic heterocycles. The first-order valence-corrected chi connectivity index (χ1v) is 5.99. The summed E-state index contributed by atoms with van der Waals surface area (Å²) >= 11 is 0. The van der Waals surface area contributed by atoms with Crippen molar-refractivity contribution in [1.82, 2.24) is 4.57 Å². The summed E-state index contributed by atoms with van der Waals surface area (Å²) in [7, 11) is 1.39. The molecule has 0 amide bonds. The standard InChI is InChI=1S/C15H13FN2O2/c1-10-12(8-17)4-6-15(19)18(10)9-11-3-5-14(20-2)13(16)7-11/h3-7H,9H2,1-2H3. The maximum absolute atomic E-state index is 13.6. The Hall–Kier alpha value is -2.61. The van der Waals surface area contributed by atoms with Gasteiger partial charge in [-0.3, -0.25) is 4.79 Å². The summed E-state index contributed by atoms with van der Waals surface area (Å²) in [5.41, 5.74) is 1.40. The van der Waals surface area contributed by atoms with Crippen molar-refractivity contribution < 1.29 is 9.13 Å². The zero-order chi connectivity index (χ0) is 14.7. The highest BCUT2D eigenvalue weighted by Crippen LogP contribution is 2.18. The fraction of sp³-hybridized carbons (Fsp3) is 0.200. The summed E-state index contributed by atoms with van der Waals surface area (Å²) in [6, 6.07) is 9.38. The van der Waals surface area contributed by atoms with E-state index in [-0.39, 0.29) is 17.9 Å². The predicted molar refractivity (Wildman–Crippen MR) is 72.2 cm³/mol. The van der Waals surface area contributed by atoms with Crippen molar-refractivity contribution in [3.8, 4) is 11.8 Å². The molecule has 0 saturated heterocycles. The lowest BCUT2D eigenvalue weighted by atomic mass is 10.1. The third kappa shape index (κ3) is 2.54. The van der Waals surface area contributed by atoms with Gasteiger partial charge in [0.25, 0.3) is 5.56 Å². The first-order chi connectivity index (χ1) is 9.56. The van der Waals surface area contributed by atoms with Crippen molar-refractivity contribution in [2.24, 2.45) is 0 Å². The van der Waals surface area contributed by atoms with Gasteiger partial charge in [0.15, 0.2) is 11.6 Å². The van der Waals surface area contributed by atoms with Crippen LogP contribution in [0, 0.1) is 24.1 Å². The molecule has 102 valence electrons. The molecule has 0 atom stereocenters. The summed E-state index contributed by atoms with van der Waals surface area (Å²) in [4.78, 5) is 11.9. The van der Waals surface area contributed by atoms with E-state index in [1.54, 1.807) is 13.0 Å². The molecule has 0 N–H and O–H groups in total. The Kier molecular flexibility index (Phi) is 3.85. The Morgan fingerprint density at radius 1 is 1.35 bits per heavy atom. The van der Waals surface area contributed by atoms with E-state index in [0.717, 1.165) is 0 Å². The molecule has 4 nitrogen and oxygen atoms in total. The van der Waals surface area contributed by atoms with E-state index < -0.39 is 5.82 Å². The minimum Gasteiger partial charge on any atom is -0.494 e. The van der Waals surface area contributed by atoms with E-state index in [4.69, 9.17) is 10.00 Å². The highest BCUT2D eigenvalue weighted by molar-refractivity contribution is 5.34. The largest absolute Gasteiger partial charge is 0.494 e. The number of nitriles is 1. The molecule has 2 rings (SSSR count). The monoisotopic (exact) mass is 272 g/mol. The number of ether oxygens (including phenoxy) is 1. The highest BCUT2D eigenvalue weighted by atomic mass is 19.1. The zero-order valence-electron chi connectivity index (χ0n) is 11.2. The molecule has 5 heteroatoms. The van der Waals surface area contributed by atoms with Gasteiger partial charge in [-0.05, 0) is 30.7 Å². The van der Waals surface area contributed by atoms with Crippen LogP contribution < -0.4 is 10.3 Å². The lowest BCUT2D eigenvalue weighted by molar-refractivity contribution is 0.386. The molecule has 0 unspecified atom stereocenters. The number of rotatable bonds is 3. The third-order valence-electron chi connectivity index (χ3n) is 3.13. The van der Waals surface area contributed by atoms with Gasteiger partial charge in [-0.1, -0.05) is 6.07 Å². The molecule has 0 spiro atoms. The summed E-state index contributed by atoms with van der Waals surface area (Å²) in [6.45, 7) is 1.90. The maximum atomic E-state index is 13.6. The van der Waals surface area contributed by atoms with E-state index in [1.165, 1.54) is 35.9 Å². The number of methoxy groups -OCH3 is 1. The van der Waals surface area contributed by atoms with Crippen LogP contribution in [0.4, 0.5) is 4.39 Å². The number of benzene rings is 1. The van der Waals surface area contributed by atoms with Gasteiger partial charge >= 0.3 is 0 Å². The average molecular weight is 272 g/mol. The number of hydrogen-bond donors (Lipinski definition) is 0. The van der Waals surface area contributed by atoms with Crippen LogP contribution in [-0.4, -0.2) is 11.7 Å². The second-order valence-corrected chi connectivity index (χ2v) is 4.34. The third-order valence-corrected chi connectivity index (χ3v) is 3.13. The molecular weight excluding hydrogens is 259 g/mol. The average Bonchev–Trinajstić information content (AvgIpc) is 2.44. The van der Waals surface area contributed by atoms with E-state index in [9.17, 15) is 9.18 Å². The van der Waals surface area contributed by atoms with Crippen LogP contribution in [0.15, 0.2) is 35.1 Å². The number of pyridine rings is 1. The number of hydrogen-bond acceptors (Lipinski definition) is 3. The van der Waals surface area contributed by atoms with E-state index in [1.807, 2.05) is 6.07 Å². The van der Waals surface area contributed by atoms with Gasteiger partial charge in [0.05, 0.1) is 19.2 Å². The van der Waals surface area contributed by atoms with Crippen molar-refractivity contribution in [2.75, 3.05) is 7.11 Å². The van der Waals surface area contributed by atoms with E-state index in [0.29, 0.717) is 16.8 Å². The summed E-state index contributed by atoms with van der Waals surface area (Å²) < 4.78 is 19.9. The van der Waals surface area contributed by atoms with Gasteiger partial charge in [0.1, 0.15) is 6.07 Å². The fourth-order valence-electron chi connectivity index (χ4n) is 1.98. The Labute approximate surface area is 115 Å². The minimum absolute atomic E-state index is 0.156. The molecule has 1 heterocycles. The second kappa shape index (κ2) is 5.57. The van der Waals surface area contributed by atoms with Gasteiger partial charge < -0.3 is 9.30 Å². The fourth-order valence-corrected chi connectivity index (χ4v) is 1.98. The van der Waals surface area contributed by atoms with Gasteiger partial charge in [-0.2, -0.15) is 5.26 Å². The lowest BCUT2D eigenvalue weighted by Crippen LogP contribution is -2.22. The number of halogens is 1. The molecule has 0 aliphatic rings. The Morgan fingerprint density at radius 3 is 2.70 bits per heavy atom. The molecule has 0 aliphatic heterocycles. The van der Waals surface area contributed by atoms with Crippen LogP contribution in [-0.2, 0) is 6.54 Å². The Bertz CT molecular complexity index is 745. The topological polar surface area (TPSA) is 55.0 Å². The van der Waals surface area contributed by atoms with Crippen LogP contribution in [0.3, 0.4) is 0 Å². The minimum atomic E-state index is -0.480. The molecule has 0 bridgehead atoms. The van der Waals surface area contributed by atoms with Crippen LogP contribution >= 0.6 is 0 Å². The van der Waals surface area contributed by atoms with Gasteiger partial charge in [0, 0.05) is 11.8 Å². The van der Waals surface area contributed by atoms with Crippen LogP contribution in [0.1, 0.15) is 16.8 Å². The van der Waals surface area contributed by atoms with Crippen LogP contribution in [0.5, 0.6) is 5.75 Å². The first-order valence-electron chi connectivity index (χ1n) is 5.99. The van der Waals surface area contributed by atoms with Crippen molar-refractivity contribution in [2.45, 2.75) is 13.5 Å². The molecule has 2 aromatic rings. The number of aromatic nitrogens is 1. The van der Waals surface area contributed by atoms with Crippen molar-refractivity contribution >= 4 is 0 Å². The maximum Gasteiger partial charge on any atom is 0.251 e. The molecule has 1 aromatic carbocycles. The highest BCUT2D eigenvalue weighted by Gasteiger charge is 2.08. The Morgan fingerprint density at radius 2 is 2.10 bits per heavy atom. The molecule has 0 radical (unpaired) electrons. The molecule has 20 heavy (non-hydrogen) atoms. The van der Waals surface area contributed by atoms with Crippen LogP contribution in [0.25, 0.3) is 0 Å². The molecule has 0 fully saturated rings. The molecule has 0 aliphatic carbocycles. The second-order valence-electron chi connectivity index (χ2n) is 4.34. The SMILES string of the molecule is COc1ccc(Cn2c(C)c(C#N)ccc2=O)cc1F. The number of nitrogens with zero attached hydrogens (tertiary/aromatic N) is 2. The first kappa shape index (κ1) is 13.8. The summed E-state index contributed by atoms with van der Waals surface area (Å²) in [5.74, 6) is -0.323. The predicted octanol–water partition coefficient (Wildman–Crippen LogP) is 2.22. The normalized spacial score (nSPS) is 10.1. The zero-order valence-corrected chi connectivity index (χ0v) is 11.2. The lowest BCUT2D eigenvalue weighted by Gasteiger charge is -2.11. The van der Waals surface area contributed by atoms with Crippen LogP contribution in [0.2, 0.25) is 0 Å². The van der Waals surface area contributed by atoms with Crippen molar-refractivity contribution in [3.05, 3.63) is 63.3 Å². The smallest absolute Gasteiger partial charge is 0.251 e. The van der Waals surface area contributed by atoms with E-state index >= 15 is 0 Å². The molecule has 0 saturated carbocycles. The van der Waals surface area contributed by atoms with Gasteiger partial charge in [-0.25, -0.2) is 4.39 Å². The molecular formula is C15H13FN2O2. The summed E-state index contributed by atoms with van der Waals surface area (Å²) in [6.07, 6.45) is 0. The van der Waals surface area contributed by atoms with Gasteiger partial charge in [0.2, 0.25) is 0 Å². The van der Waals surface area contributed by atoms with Crippen molar-refractivity contribution in [3.63, 3.8) is 0 Å². The quantitative estimate of drug-likeness (QED) is 0.861. The summed E-state index contributed by atoms with van der Waals surface area (Å²) in [5, 5.41) is 8.97. The Balaban J connectivity index is 2.43. The van der Waals surface area contributed by atoms with Crippen molar-refractivity contribution in [1.29, 1.82) is 5.26 Å². The van der Waals surface area contributed by atoms with Gasteiger partial charge in [-0.15, -0.1) is 0 Å². The van der Waals surface area contributed by atoms with E-state index in [2.05, 4.69) is 0 Å².